The van der Waals surface area contributed by atoms with E-state index in [9.17, 15) is 9.90 Å². The molecular weight excluding hydrogens is 672 g/mol. The summed E-state index contributed by atoms with van der Waals surface area (Å²) in [7, 11) is 0. The van der Waals surface area contributed by atoms with Crippen molar-refractivity contribution in [3.8, 4) is 46.7 Å². The summed E-state index contributed by atoms with van der Waals surface area (Å²) in [6, 6.07) is 17.3. The first-order chi connectivity index (χ1) is 25.6. The smallest absolute Gasteiger partial charge is 0.335 e. The summed E-state index contributed by atoms with van der Waals surface area (Å²) in [4.78, 5) is 11.2. The van der Waals surface area contributed by atoms with Crippen molar-refractivity contribution < 1.29 is 57.3 Å². The van der Waals surface area contributed by atoms with Crippen molar-refractivity contribution in [1.82, 2.24) is 0 Å². The second-order valence-electron chi connectivity index (χ2n) is 10.9. The van der Waals surface area contributed by atoms with Crippen LogP contribution in [0.15, 0.2) is 60.7 Å². The zero-order chi connectivity index (χ0) is 36.5. The van der Waals surface area contributed by atoms with E-state index in [2.05, 4.69) is 23.7 Å². The normalized spacial score (nSPS) is 16.5. The van der Waals surface area contributed by atoms with Gasteiger partial charge in [0.25, 0.3) is 0 Å². The van der Waals surface area contributed by atoms with Gasteiger partial charge in [0.1, 0.15) is 49.4 Å². The lowest BCUT2D eigenvalue weighted by atomic mass is 10.1. The highest BCUT2D eigenvalue weighted by Crippen LogP contribution is 2.29. The predicted molar refractivity (Wildman–Crippen MR) is 192 cm³/mol. The molecule has 0 aliphatic carbocycles. The molecule has 52 heavy (non-hydrogen) atoms. The molecule has 0 amide bonds. The third-order valence-electron chi connectivity index (χ3n) is 7.09. The predicted octanol–water partition coefficient (Wildman–Crippen LogP) is 4.48. The molecule has 0 radical (unpaired) electrons. The number of rotatable bonds is 1. The molecule has 0 saturated heterocycles. The number of carboxylic acids is 1. The summed E-state index contributed by atoms with van der Waals surface area (Å²) in [6.07, 6.45) is 0. The minimum Gasteiger partial charge on any atom is -0.491 e. The molecule has 0 spiro atoms. The van der Waals surface area contributed by atoms with Crippen molar-refractivity contribution in [2.75, 3.05) is 106 Å². The first-order valence-electron chi connectivity index (χ1n) is 17.2. The van der Waals surface area contributed by atoms with Crippen LogP contribution in [0.2, 0.25) is 0 Å². The van der Waals surface area contributed by atoms with Gasteiger partial charge in [-0.1, -0.05) is 17.8 Å². The van der Waals surface area contributed by atoms with Crippen LogP contribution < -0.4 is 18.9 Å². The van der Waals surface area contributed by atoms with Crippen molar-refractivity contribution >= 4 is 5.97 Å². The van der Waals surface area contributed by atoms with E-state index in [0.717, 1.165) is 11.5 Å². The van der Waals surface area contributed by atoms with Crippen molar-refractivity contribution in [3.63, 3.8) is 0 Å². The number of carbonyl (C=O) groups is 1. The molecule has 7 rings (SSSR count). The molecule has 3 aromatic rings. The maximum atomic E-state index is 11.2. The van der Waals surface area contributed by atoms with Crippen molar-refractivity contribution in [2.24, 2.45) is 0 Å². The van der Waals surface area contributed by atoms with Crippen molar-refractivity contribution in [3.05, 3.63) is 82.9 Å². The Morgan fingerprint density at radius 2 is 0.846 bits per heavy atom. The fourth-order valence-corrected chi connectivity index (χ4v) is 4.54. The van der Waals surface area contributed by atoms with Crippen LogP contribution in [0, 0.1) is 23.7 Å². The Bertz CT molecular complexity index is 1600. The second kappa shape index (κ2) is 24.4. The third kappa shape index (κ3) is 15.6. The molecule has 0 saturated carbocycles. The van der Waals surface area contributed by atoms with E-state index < -0.39 is 5.97 Å². The Balaban J connectivity index is 1.34. The van der Waals surface area contributed by atoms with Crippen LogP contribution in [0.25, 0.3) is 0 Å². The third-order valence-corrected chi connectivity index (χ3v) is 7.09. The van der Waals surface area contributed by atoms with Crippen LogP contribution in [-0.2, 0) is 28.4 Å². The Hall–Kier alpha value is -4.79. The second-order valence-corrected chi connectivity index (χ2v) is 10.9. The van der Waals surface area contributed by atoms with E-state index in [1.807, 2.05) is 24.3 Å². The van der Waals surface area contributed by atoms with Gasteiger partial charge < -0.3 is 52.5 Å². The lowest BCUT2D eigenvalue weighted by Gasteiger charge is -2.14. The number of ether oxygens (including phenoxy) is 10. The van der Waals surface area contributed by atoms with E-state index in [1.54, 1.807) is 31.2 Å². The van der Waals surface area contributed by atoms with E-state index in [4.69, 9.17) is 47.4 Å². The quantitative estimate of drug-likeness (QED) is 0.356. The van der Waals surface area contributed by atoms with Crippen molar-refractivity contribution in [2.45, 2.75) is 6.92 Å². The zero-order valence-corrected chi connectivity index (χ0v) is 29.5. The molecule has 12 nitrogen and oxygen atoms in total. The molecule has 0 fully saturated rings. The first-order valence-corrected chi connectivity index (χ1v) is 17.2. The molecular formula is C40H46O12. The maximum Gasteiger partial charge on any atom is 0.335 e. The van der Waals surface area contributed by atoms with Gasteiger partial charge in [0.05, 0.1) is 96.0 Å². The molecule has 4 bridgehead atoms. The number of hydrogen-bond donors (Lipinski definition) is 1. The average molecular weight is 719 g/mol. The van der Waals surface area contributed by atoms with Gasteiger partial charge in [-0.05, 0) is 55.5 Å². The lowest BCUT2D eigenvalue weighted by Crippen LogP contribution is -2.15. The van der Waals surface area contributed by atoms with Crippen LogP contribution in [0.3, 0.4) is 0 Å². The molecule has 0 atom stereocenters. The fraction of sp³-hybridized carbons (Fsp3) is 0.425. The van der Waals surface area contributed by atoms with Gasteiger partial charge in [0, 0.05) is 17.7 Å². The highest BCUT2D eigenvalue weighted by atomic mass is 16.6. The maximum absolute atomic E-state index is 11.2. The molecule has 4 aliphatic rings. The van der Waals surface area contributed by atoms with Crippen LogP contribution in [0.1, 0.15) is 34.0 Å². The molecule has 0 unspecified atom stereocenters. The molecule has 1 N–H and O–H groups in total. The monoisotopic (exact) mass is 718 g/mol. The minimum atomic E-state index is -1.00. The van der Waals surface area contributed by atoms with E-state index in [0.29, 0.717) is 121 Å². The highest BCUT2D eigenvalue weighted by Gasteiger charge is 2.11. The number of hydrogen-bond acceptors (Lipinski definition) is 11. The van der Waals surface area contributed by atoms with Gasteiger partial charge in [0.2, 0.25) is 0 Å². The van der Waals surface area contributed by atoms with E-state index in [1.165, 1.54) is 12.1 Å². The van der Waals surface area contributed by atoms with Crippen LogP contribution in [0.4, 0.5) is 0 Å². The highest BCUT2D eigenvalue weighted by molar-refractivity contribution is 5.87. The molecule has 3 aromatic carbocycles. The van der Waals surface area contributed by atoms with Crippen LogP contribution in [-0.4, -0.2) is 117 Å². The summed E-state index contributed by atoms with van der Waals surface area (Å²) < 4.78 is 57.4. The van der Waals surface area contributed by atoms with Gasteiger partial charge in [-0.25, -0.2) is 4.79 Å². The largest absolute Gasteiger partial charge is 0.491 e. The molecule has 4 heterocycles. The summed E-state index contributed by atoms with van der Waals surface area (Å²) in [5.41, 5.74) is 2.04. The van der Waals surface area contributed by atoms with Crippen molar-refractivity contribution in [1.29, 1.82) is 0 Å². The molecule has 0 aromatic heterocycles. The Morgan fingerprint density at radius 1 is 0.481 bits per heavy atom. The SMILES string of the molecule is CC#Cc1cc2c(C#Cc3ccc(C(=O)O)cc3)cc1OCCOCCOCCOCCOc1ccc(cc1)OCCOCCOCCOCCO2. The van der Waals surface area contributed by atoms with Gasteiger partial charge in [-0.2, -0.15) is 0 Å². The Labute approximate surface area is 305 Å². The summed E-state index contributed by atoms with van der Waals surface area (Å²) in [6.45, 7) is 8.06. The van der Waals surface area contributed by atoms with Gasteiger partial charge >= 0.3 is 5.97 Å². The van der Waals surface area contributed by atoms with Crippen LogP contribution >= 0.6 is 0 Å². The Kier molecular flexibility index (Phi) is 18.8. The van der Waals surface area contributed by atoms with E-state index in [-0.39, 0.29) is 18.8 Å². The van der Waals surface area contributed by atoms with Gasteiger partial charge in [-0.3, -0.25) is 0 Å². The number of carboxylic acid groups (broad SMARTS) is 1. The minimum absolute atomic E-state index is 0.183. The van der Waals surface area contributed by atoms with Crippen LogP contribution in [0.5, 0.6) is 23.0 Å². The number of aromatic carboxylic acids is 1. The summed E-state index contributed by atoms with van der Waals surface area (Å²) in [5.74, 6) is 13.7. The van der Waals surface area contributed by atoms with E-state index >= 15 is 0 Å². The Morgan fingerprint density at radius 3 is 1.23 bits per heavy atom. The fourth-order valence-electron chi connectivity index (χ4n) is 4.54. The zero-order valence-electron chi connectivity index (χ0n) is 29.5. The first kappa shape index (κ1) is 40.0. The standard InChI is InChI=1S/C40H46O12/c1-2-3-34-30-39-35(9-6-32-4-7-33(8-5-32)40(41)42)31-38(34)51-28-24-47-20-16-43-14-18-45-22-26-49-36-10-12-37(13-11-36)50-27-23-46-19-15-44-17-21-48-25-29-52-39/h4-5,7-8,10-13,30-31H,14-29H2,1H3,(H,41,42). The molecule has 12 heteroatoms. The average Bonchev–Trinajstić information content (AvgIpc) is 3.15. The molecule has 4 aliphatic heterocycles. The number of benzene rings is 3. The summed E-state index contributed by atoms with van der Waals surface area (Å²) >= 11 is 0. The van der Waals surface area contributed by atoms with Gasteiger partial charge in [-0.15, -0.1) is 5.92 Å². The van der Waals surface area contributed by atoms with Gasteiger partial charge in [0.15, 0.2) is 0 Å². The topological polar surface area (TPSA) is 130 Å². The molecule has 278 valence electrons. The lowest BCUT2D eigenvalue weighted by molar-refractivity contribution is 0.00466. The summed E-state index contributed by atoms with van der Waals surface area (Å²) in [5, 5.41) is 9.22.